The zero-order chi connectivity index (χ0) is 20.4. The molecule has 2 amide bonds. The molecule has 0 radical (unpaired) electrons. The van der Waals surface area contributed by atoms with Crippen molar-refractivity contribution in [1.82, 2.24) is 4.98 Å². The van der Waals surface area contributed by atoms with Gasteiger partial charge in [-0.2, -0.15) is 0 Å². The van der Waals surface area contributed by atoms with Crippen molar-refractivity contribution in [3.8, 4) is 0 Å². The maximum Gasteiger partial charge on any atom is 0.339 e. The van der Waals surface area contributed by atoms with E-state index in [-0.39, 0.29) is 35.3 Å². The van der Waals surface area contributed by atoms with Crippen LogP contribution in [-0.2, 0) is 27.2 Å². The van der Waals surface area contributed by atoms with Crippen molar-refractivity contribution in [3.63, 3.8) is 0 Å². The lowest BCUT2D eigenvalue weighted by Gasteiger charge is -2.17. The number of methoxy groups -OCH3 is 1. The molecule has 0 bridgehead atoms. The van der Waals surface area contributed by atoms with Gasteiger partial charge in [0.25, 0.3) is 0 Å². The first-order valence-corrected chi connectivity index (χ1v) is 8.83. The van der Waals surface area contributed by atoms with Gasteiger partial charge in [-0.3, -0.25) is 14.4 Å². The average molecular weight is 383 g/mol. The standard InChI is InChI=1S/C20H21N3O5/c1-10-18(20(27)28-3)15(23-19(10)11(2)24)9-17(26)21-13-5-6-14-12(8-13)4-7-16(25)22-14/h5-6,8,23H,4,7,9H2,1-3H3,(H,21,26)(H,22,25). The van der Waals surface area contributed by atoms with Gasteiger partial charge >= 0.3 is 5.97 Å². The van der Waals surface area contributed by atoms with Crippen molar-refractivity contribution in [1.29, 1.82) is 0 Å². The lowest BCUT2D eigenvalue weighted by Crippen LogP contribution is -2.20. The number of carbonyl (C=O) groups is 4. The molecular formula is C20H21N3O5. The van der Waals surface area contributed by atoms with Gasteiger partial charge in [0.1, 0.15) is 0 Å². The van der Waals surface area contributed by atoms with Crippen LogP contribution in [0.25, 0.3) is 0 Å². The number of aromatic amines is 1. The largest absolute Gasteiger partial charge is 0.465 e. The Balaban J connectivity index is 1.80. The van der Waals surface area contributed by atoms with Crippen molar-refractivity contribution in [2.45, 2.75) is 33.1 Å². The third-order valence-electron chi connectivity index (χ3n) is 4.69. The number of amides is 2. The quantitative estimate of drug-likeness (QED) is 0.541. The minimum atomic E-state index is -0.603. The number of anilines is 2. The van der Waals surface area contributed by atoms with Crippen LogP contribution >= 0.6 is 0 Å². The predicted octanol–water partition coefficient (Wildman–Crippen LogP) is 2.38. The first-order valence-electron chi connectivity index (χ1n) is 8.83. The molecule has 3 rings (SSSR count). The smallest absolute Gasteiger partial charge is 0.339 e. The molecule has 2 heterocycles. The highest BCUT2D eigenvalue weighted by Crippen LogP contribution is 2.26. The maximum atomic E-state index is 12.5. The molecule has 0 fully saturated rings. The normalized spacial score (nSPS) is 12.8. The van der Waals surface area contributed by atoms with Crippen molar-refractivity contribution in [3.05, 3.63) is 46.3 Å². The van der Waals surface area contributed by atoms with E-state index in [4.69, 9.17) is 4.74 Å². The summed E-state index contributed by atoms with van der Waals surface area (Å²) >= 11 is 0. The molecule has 0 unspecified atom stereocenters. The van der Waals surface area contributed by atoms with Crippen molar-refractivity contribution >= 4 is 34.9 Å². The number of nitrogens with one attached hydrogen (secondary N) is 3. The zero-order valence-electron chi connectivity index (χ0n) is 15.9. The van der Waals surface area contributed by atoms with E-state index in [0.29, 0.717) is 29.8 Å². The number of hydrogen-bond acceptors (Lipinski definition) is 5. The summed E-state index contributed by atoms with van der Waals surface area (Å²) < 4.78 is 4.79. The van der Waals surface area contributed by atoms with Crippen LogP contribution in [0.5, 0.6) is 0 Å². The number of carbonyl (C=O) groups excluding carboxylic acids is 4. The minimum absolute atomic E-state index is 0.0250. The Bertz CT molecular complexity index is 990. The summed E-state index contributed by atoms with van der Waals surface area (Å²) in [6, 6.07) is 5.26. The number of ketones is 1. The Morgan fingerprint density at radius 3 is 2.64 bits per heavy atom. The Hall–Kier alpha value is -3.42. The van der Waals surface area contributed by atoms with Crippen molar-refractivity contribution < 1.29 is 23.9 Å². The molecule has 8 nitrogen and oxygen atoms in total. The number of rotatable bonds is 5. The summed E-state index contributed by atoms with van der Waals surface area (Å²) in [7, 11) is 1.25. The van der Waals surface area contributed by atoms with Gasteiger partial charge in [-0.25, -0.2) is 4.79 Å². The monoisotopic (exact) mass is 383 g/mol. The highest BCUT2D eigenvalue weighted by atomic mass is 16.5. The molecule has 1 aromatic carbocycles. The number of benzene rings is 1. The molecule has 0 atom stereocenters. The lowest BCUT2D eigenvalue weighted by atomic mass is 10.0. The van der Waals surface area contributed by atoms with Gasteiger partial charge < -0.3 is 20.4 Å². The van der Waals surface area contributed by atoms with Gasteiger partial charge in [0, 0.05) is 30.4 Å². The van der Waals surface area contributed by atoms with E-state index in [9.17, 15) is 19.2 Å². The Labute approximate surface area is 161 Å². The molecule has 0 saturated heterocycles. The van der Waals surface area contributed by atoms with Crippen molar-refractivity contribution in [2.75, 3.05) is 17.7 Å². The summed E-state index contributed by atoms with van der Waals surface area (Å²) in [6.07, 6.45) is 0.893. The van der Waals surface area contributed by atoms with Crippen molar-refractivity contribution in [2.24, 2.45) is 0 Å². The molecule has 0 saturated carbocycles. The van der Waals surface area contributed by atoms with Crippen LogP contribution in [0.4, 0.5) is 11.4 Å². The van der Waals surface area contributed by atoms with Crippen LogP contribution in [0.2, 0.25) is 0 Å². The Morgan fingerprint density at radius 2 is 1.96 bits per heavy atom. The lowest BCUT2D eigenvalue weighted by molar-refractivity contribution is -0.117. The van der Waals surface area contributed by atoms with Gasteiger partial charge in [-0.05, 0) is 42.7 Å². The highest BCUT2D eigenvalue weighted by Gasteiger charge is 2.24. The SMILES string of the molecule is COC(=O)c1c(CC(=O)Nc2ccc3c(c2)CCC(=O)N3)[nH]c(C(C)=O)c1C. The first kappa shape index (κ1) is 19.3. The van der Waals surface area contributed by atoms with Crippen LogP contribution in [0, 0.1) is 6.92 Å². The molecule has 3 N–H and O–H groups in total. The van der Waals surface area contributed by atoms with E-state index in [1.54, 1.807) is 19.1 Å². The Morgan fingerprint density at radius 1 is 1.21 bits per heavy atom. The van der Waals surface area contributed by atoms with Gasteiger partial charge in [-0.1, -0.05) is 0 Å². The van der Waals surface area contributed by atoms with E-state index in [0.717, 1.165) is 11.3 Å². The number of ether oxygens (including phenoxy) is 1. The molecular weight excluding hydrogens is 362 g/mol. The fourth-order valence-electron chi connectivity index (χ4n) is 3.35. The molecule has 146 valence electrons. The maximum absolute atomic E-state index is 12.5. The summed E-state index contributed by atoms with van der Waals surface area (Å²) in [6.45, 7) is 3.02. The molecule has 2 aromatic rings. The second kappa shape index (κ2) is 7.67. The number of H-pyrrole nitrogens is 1. The van der Waals surface area contributed by atoms with E-state index in [1.807, 2.05) is 6.07 Å². The Kier molecular flexibility index (Phi) is 5.30. The molecule has 0 spiro atoms. The van der Waals surface area contributed by atoms with Gasteiger partial charge in [0.15, 0.2) is 5.78 Å². The molecule has 1 aromatic heterocycles. The van der Waals surface area contributed by atoms with E-state index >= 15 is 0 Å². The van der Waals surface area contributed by atoms with E-state index in [2.05, 4.69) is 15.6 Å². The number of esters is 1. The number of aryl methyl sites for hydroxylation is 1. The van der Waals surface area contributed by atoms with Crippen LogP contribution < -0.4 is 10.6 Å². The molecule has 1 aliphatic rings. The zero-order valence-corrected chi connectivity index (χ0v) is 15.9. The molecule has 0 aliphatic carbocycles. The van der Waals surface area contributed by atoms with Gasteiger partial charge in [-0.15, -0.1) is 0 Å². The van der Waals surface area contributed by atoms with Crippen LogP contribution in [-0.4, -0.2) is 35.7 Å². The van der Waals surface area contributed by atoms with Crippen LogP contribution in [0.1, 0.15) is 51.0 Å². The number of Topliss-reactive ketones (excluding diaryl/α,β-unsaturated/α-hetero) is 1. The second-order valence-corrected chi connectivity index (χ2v) is 6.67. The van der Waals surface area contributed by atoms with Gasteiger partial charge in [0.05, 0.1) is 24.8 Å². The third-order valence-corrected chi connectivity index (χ3v) is 4.69. The molecule has 1 aliphatic heterocycles. The second-order valence-electron chi connectivity index (χ2n) is 6.67. The molecule has 8 heteroatoms. The van der Waals surface area contributed by atoms with E-state index < -0.39 is 5.97 Å². The first-order chi connectivity index (χ1) is 13.3. The number of aromatic nitrogens is 1. The van der Waals surface area contributed by atoms with Gasteiger partial charge in [0.2, 0.25) is 11.8 Å². The minimum Gasteiger partial charge on any atom is -0.465 e. The topological polar surface area (TPSA) is 117 Å². The van der Waals surface area contributed by atoms with Crippen LogP contribution in [0.15, 0.2) is 18.2 Å². The summed E-state index contributed by atoms with van der Waals surface area (Å²) in [5, 5.41) is 5.57. The number of fused-ring (bicyclic) bond motifs is 1. The number of hydrogen-bond donors (Lipinski definition) is 3. The third kappa shape index (κ3) is 3.80. The average Bonchev–Trinajstić information content (AvgIpc) is 2.97. The summed E-state index contributed by atoms with van der Waals surface area (Å²) in [5.74, 6) is -1.20. The molecule has 28 heavy (non-hydrogen) atoms. The summed E-state index contributed by atoms with van der Waals surface area (Å²) in [5.41, 5.74) is 3.57. The highest BCUT2D eigenvalue weighted by molar-refractivity contribution is 6.02. The van der Waals surface area contributed by atoms with Crippen LogP contribution in [0.3, 0.4) is 0 Å². The fourth-order valence-corrected chi connectivity index (χ4v) is 3.35. The van der Waals surface area contributed by atoms with E-state index in [1.165, 1.54) is 14.0 Å². The summed E-state index contributed by atoms with van der Waals surface area (Å²) in [4.78, 5) is 50.7. The predicted molar refractivity (Wildman–Crippen MR) is 103 cm³/mol. The fraction of sp³-hybridized carbons (Fsp3) is 0.300.